The number of aryl methyl sites for hydroxylation is 1. The predicted molar refractivity (Wildman–Crippen MR) is 149 cm³/mol. The van der Waals surface area contributed by atoms with Gasteiger partial charge in [0.2, 0.25) is 5.95 Å². The summed E-state index contributed by atoms with van der Waals surface area (Å²) in [5, 5.41) is 6.32. The first-order chi connectivity index (χ1) is 18.0. The van der Waals surface area contributed by atoms with Crippen molar-refractivity contribution in [1.82, 2.24) is 19.8 Å². The lowest BCUT2D eigenvalue weighted by Crippen LogP contribution is -2.43. The number of carbonyl (C=O) groups is 1. The maximum Gasteiger partial charge on any atom is 0.255 e. The minimum Gasteiger partial charge on any atom is -0.324 e. The summed E-state index contributed by atoms with van der Waals surface area (Å²) < 4.78 is 0. The van der Waals surface area contributed by atoms with E-state index in [1.165, 1.54) is 5.56 Å². The van der Waals surface area contributed by atoms with Crippen LogP contribution in [0, 0.1) is 6.92 Å². The Kier molecular flexibility index (Phi) is 7.54. The number of hydrogen-bond acceptors (Lipinski definition) is 6. The molecular weight excluding hydrogens is 460 g/mol. The molecule has 0 aliphatic carbocycles. The van der Waals surface area contributed by atoms with E-state index >= 15 is 0 Å². The summed E-state index contributed by atoms with van der Waals surface area (Å²) >= 11 is 0. The molecule has 4 aromatic rings. The smallest absolute Gasteiger partial charge is 0.255 e. The average Bonchev–Trinajstić information content (AvgIpc) is 2.93. The van der Waals surface area contributed by atoms with Gasteiger partial charge in [-0.25, -0.2) is 9.97 Å². The van der Waals surface area contributed by atoms with Gasteiger partial charge in [0.05, 0.1) is 5.69 Å². The second-order valence-corrected chi connectivity index (χ2v) is 9.52. The molecule has 37 heavy (non-hydrogen) atoms. The highest BCUT2D eigenvalue weighted by Gasteiger charge is 2.14. The second kappa shape index (κ2) is 11.3. The molecule has 1 fully saturated rings. The lowest BCUT2D eigenvalue weighted by atomic mass is 10.1. The predicted octanol–water partition coefficient (Wildman–Crippen LogP) is 5.20. The number of benzene rings is 3. The molecule has 7 heteroatoms. The van der Waals surface area contributed by atoms with E-state index < -0.39 is 0 Å². The fraction of sp³-hybridized carbons (Fsp3) is 0.233. The monoisotopic (exact) mass is 492 g/mol. The standard InChI is InChI=1S/C30H32N6O/c1-22-8-13-26(20-28(22)34-30-31-15-14-27(33-30)24-6-4-3-5-7-24)32-29(37)25-11-9-23(10-12-25)21-36-18-16-35(2)17-19-36/h3-15,20H,16-19,21H2,1-2H3,(H,32,37)(H,31,33,34). The Morgan fingerprint density at radius 1 is 0.919 bits per heavy atom. The van der Waals surface area contributed by atoms with Gasteiger partial charge in [-0.05, 0) is 55.4 Å². The van der Waals surface area contributed by atoms with Gasteiger partial charge >= 0.3 is 0 Å². The minimum atomic E-state index is -0.136. The van der Waals surface area contributed by atoms with Crippen LogP contribution in [-0.4, -0.2) is 58.9 Å². The fourth-order valence-corrected chi connectivity index (χ4v) is 4.37. The molecule has 7 nitrogen and oxygen atoms in total. The van der Waals surface area contributed by atoms with Crippen LogP contribution < -0.4 is 10.6 Å². The average molecular weight is 493 g/mol. The van der Waals surface area contributed by atoms with Crippen LogP contribution in [0.2, 0.25) is 0 Å². The lowest BCUT2D eigenvalue weighted by Gasteiger charge is -2.32. The molecule has 1 saturated heterocycles. The number of hydrogen-bond donors (Lipinski definition) is 2. The third-order valence-corrected chi connectivity index (χ3v) is 6.69. The van der Waals surface area contributed by atoms with Crippen molar-refractivity contribution in [3.05, 3.63) is 102 Å². The van der Waals surface area contributed by atoms with E-state index in [1.54, 1.807) is 6.20 Å². The van der Waals surface area contributed by atoms with Gasteiger partial charge in [0.15, 0.2) is 0 Å². The Hall–Kier alpha value is -4.07. The topological polar surface area (TPSA) is 73.4 Å². The Balaban J connectivity index is 1.24. The van der Waals surface area contributed by atoms with E-state index in [4.69, 9.17) is 0 Å². The molecule has 0 bridgehead atoms. The van der Waals surface area contributed by atoms with Crippen LogP contribution in [0.3, 0.4) is 0 Å². The molecule has 1 aromatic heterocycles. The van der Waals surface area contributed by atoms with Crippen molar-refractivity contribution in [3.63, 3.8) is 0 Å². The molecule has 0 radical (unpaired) electrons. The number of amides is 1. The Bertz CT molecular complexity index is 1350. The molecular formula is C30H32N6O. The van der Waals surface area contributed by atoms with Crippen LogP contribution in [0.4, 0.5) is 17.3 Å². The van der Waals surface area contributed by atoms with E-state index in [1.807, 2.05) is 85.8 Å². The summed E-state index contributed by atoms with van der Waals surface area (Å²) in [4.78, 5) is 26.8. The van der Waals surface area contributed by atoms with Crippen molar-refractivity contribution in [2.24, 2.45) is 0 Å². The lowest BCUT2D eigenvalue weighted by molar-refractivity contribution is 0.102. The molecule has 2 heterocycles. The number of piperazine rings is 1. The molecule has 1 aliphatic rings. The summed E-state index contributed by atoms with van der Waals surface area (Å²) in [6.07, 6.45) is 1.74. The van der Waals surface area contributed by atoms with E-state index in [0.717, 1.165) is 55.2 Å². The number of nitrogens with one attached hydrogen (secondary N) is 2. The van der Waals surface area contributed by atoms with Crippen molar-refractivity contribution in [2.75, 3.05) is 43.9 Å². The minimum absolute atomic E-state index is 0.136. The third-order valence-electron chi connectivity index (χ3n) is 6.69. The number of carbonyl (C=O) groups excluding carboxylic acids is 1. The van der Waals surface area contributed by atoms with E-state index in [-0.39, 0.29) is 5.91 Å². The SMILES string of the molecule is Cc1ccc(NC(=O)c2ccc(CN3CCN(C)CC3)cc2)cc1Nc1nccc(-c2ccccc2)n1. The summed E-state index contributed by atoms with van der Waals surface area (Å²) in [7, 11) is 2.16. The van der Waals surface area contributed by atoms with Crippen LogP contribution in [0.5, 0.6) is 0 Å². The van der Waals surface area contributed by atoms with Crippen molar-refractivity contribution in [3.8, 4) is 11.3 Å². The van der Waals surface area contributed by atoms with Crippen molar-refractivity contribution >= 4 is 23.2 Å². The van der Waals surface area contributed by atoms with Gasteiger partial charge in [0, 0.05) is 61.4 Å². The first kappa shape index (κ1) is 24.6. The normalized spacial score (nSPS) is 14.3. The largest absolute Gasteiger partial charge is 0.324 e. The first-order valence-corrected chi connectivity index (χ1v) is 12.6. The fourth-order valence-electron chi connectivity index (χ4n) is 4.37. The third kappa shape index (κ3) is 6.39. The maximum absolute atomic E-state index is 12.9. The first-order valence-electron chi connectivity index (χ1n) is 12.6. The summed E-state index contributed by atoms with van der Waals surface area (Å²) in [5.74, 6) is 0.368. The van der Waals surface area contributed by atoms with Gasteiger partial charge in [0.1, 0.15) is 0 Å². The Morgan fingerprint density at radius 2 is 1.68 bits per heavy atom. The molecule has 188 valence electrons. The summed E-state index contributed by atoms with van der Waals surface area (Å²) in [6.45, 7) is 7.26. The van der Waals surface area contributed by atoms with Crippen LogP contribution in [0.15, 0.2) is 85.1 Å². The van der Waals surface area contributed by atoms with Gasteiger partial charge in [-0.1, -0.05) is 48.5 Å². The Labute approximate surface area is 218 Å². The van der Waals surface area contributed by atoms with Gasteiger partial charge in [-0.15, -0.1) is 0 Å². The van der Waals surface area contributed by atoms with Gasteiger partial charge in [-0.3, -0.25) is 9.69 Å². The second-order valence-electron chi connectivity index (χ2n) is 9.52. The summed E-state index contributed by atoms with van der Waals surface area (Å²) in [5.41, 5.74) is 6.30. The summed E-state index contributed by atoms with van der Waals surface area (Å²) in [6, 6.07) is 25.6. The van der Waals surface area contributed by atoms with Gasteiger partial charge < -0.3 is 15.5 Å². The molecule has 0 saturated carbocycles. The molecule has 0 spiro atoms. The zero-order chi connectivity index (χ0) is 25.6. The number of likely N-dealkylation sites (N-methyl/N-ethyl adjacent to an activating group) is 1. The van der Waals surface area contributed by atoms with Crippen LogP contribution in [0.1, 0.15) is 21.5 Å². The van der Waals surface area contributed by atoms with Gasteiger partial charge in [-0.2, -0.15) is 0 Å². The van der Waals surface area contributed by atoms with Crippen molar-refractivity contribution < 1.29 is 4.79 Å². The van der Waals surface area contributed by atoms with Crippen LogP contribution >= 0.6 is 0 Å². The number of anilines is 3. The van der Waals surface area contributed by atoms with E-state index in [0.29, 0.717) is 17.2 Å². The quantitative estimate of drug-likeness (QED) is 0.370. The van der Waals surface area contributed by atoms with Gasteiger partial charge in [0.25, 0.3) is 5.91 Å². The van der Waals surface area contributed by atoms with Crippen molar-refractivity contribution in [1.29, 1.82) is 0 Å². The Morgan fingerprint density at radius 3 is 2.43 bits per heavy atom. The molecule has 3 aromatic carbocycles. The number of nitrogens with zero attached hydrogens (tertiary/aromatic N) is 4. The van der Waals surface area contributed by atoms with Crippen LogP contribution in [-0.2, 0) is 6.54 Å². The highest BCUT2D eigenvalue weighted by atomic mass is 16.1. The molecule has 1 aliphatic heterocycles. The molecule has 0 unspecified atom stereocenters. The molecule has 0 atom stereocenters. The highest BCUT2D eigenvalue weighted by molar-refractivity contribution is 6.04. The molecule has 2 N–H and O–H groups in total. The molecule has 5 rings (SSSR count). The van der Waals surface area contributed by atoms with Crippen molar-refractivity contribution in [2.45, 2.75) is 13.5 Å². The van der Waals surface area contributed by atoms with E-state index in [2.05, 4.69) is 37.4 Å². The zero-order valence-electron chi connectivity index (χ0n) is 21.3. The zero-order valence-corrected chi connectivity index (χ0v) is 21.3. The number of rotatable bonds is 7. The van der Waals surface area contributed by atoms with E-state index in [9.17, 15) is 4.79 Å². The maximum atomic E-state index is 12.9. The molecule has 1 amide bonds. The highest BCUT2D eigenvalue weighted by Crippen LogP contribution is 2.25. The number of aromatic nitrogens is 2. The van der Waals surface area contributed by atoms with Crippen LogP contribution in [0.25, 0.3) is 11.3 Å².